The van der Waals surface area contributed by atoms with Crippen LogP contribution in [0.5, 0.6) is 0 Å². The predicted molar refractivity (Wildman–Crippen MR) is 71.9 cm³/mol. The summed E-state index contributed by atoms with van der Waals surface area (Å²) in [5.41, 5.74) is 6.60. The highest BCUT2D eigenvalue weighted by molar-refractivity contribution is 7.51. The number of hydrogen-bond acceptors (Lipinski definition) is 4. The summed E-state index contributed by atoms with van der Waals surface area (Å²) in [7, 11) is 0. The van der Waals surface area contributed by atoms with Gasteiger partial charge in [-0.15, -0.1) is 0 Å². The van der Waals surface area contributed by atoms with Crippen molar-refractivity contribution in [2.45, 2.75) is 0 Å². The van der Waals surface area contributed by atoms with Crippen molar-refractivity contribution in [2.24, 2.45) is 11.7 Å². The summed E-state index contributed by atoms with van der Waals surface area (Å²) in [6.07, 6.45) is 0. The minimum atomic E-state index is 0.416. The number of nitrogens with two attached hydrogens (primary N) is 2. The van der Waals surface area contributed by atoms with E-state index in [2.05, 4.69) is 5.43 Å². The van der Waals surface area contributed by atoms with Crippen molar-refractivity contribution >= 4 is 24.2 Å². The molecule has 0 saturated carbocycles. The third kappa shape index (κ3) is 2.78. The average molecular weight is 246 g/mol. The molecule has 1 atom stereocenters. The van der Waals surface area contributed by atoms with Gasteiger partial charge in [0.1, 0.15) is 5.69 Å². The van der Waals surface area contributed by atoms with E-state index >= 15 is 0 Å². The maximum absolute atomic E-state index is 5.55. The normalized spacial score (nSPS) is 12.2. The van der Waals surface area contributed by atoms with E-state index in [1.807, 2.05) is 48.5 Å². The van der Waals surface area contributed by atoms with Crippen LogP contribution in [-0.4, -0.2) is 0 Å². The van der Waals surface area contributed by atoms with Crippen molar-refractivity contribution in [1.82, 2.24) is 0 Å². The van der Waals surface area contributed by atoms with Crippen LogP contribution in [0.4, 0.5) is 11.4 Å². The highest BCUT2D eigenvalue weighted by atomic mass is 32.1. The van der Waals surface area contributed by atoms with Gasteiger partial charge in [-0.25, -0.2) is 0 Å². The molecule has 0 aliphatic heterocycles. The van der Waals surface area contributed by atoms with E-state index in [0.717, 1.165) is 22.5 Å². The molecule has 0 bridgehead atoms. The first-order chi connectivity index (χ1) is 8.20. The molecule has 17 heavy (non-hydrogen) atoms. The second kappa shape index (κ2) is 5.20. The second-order valence-corrected chi connectivity index (χ2v) is 4.10. The van der Waals surface area contributed by atoms with Gasteiger partial charge in [0, 0.05) is 17.8 Å². The van der Waals surface area contributed by atoms with Crippen molar-refractivity contribution in [3.8, 4) is 11.1 Å². The van der Waals surface area contributed by atoms with Gasteiger partial charge in [-0.2, -0.15) is 5.84 Å². The molecule has 0 aliphatic carbocycles. The fraction of sp³-hybridized carbons (Fsp3) is 0. The van der Waals surface area contributed by atoms with E-state index in [1.54, 1.807) is 0 Å². The monoisotopic (exact) mass is 246 g/mol. The Labute approximate surface area is 106 Å². The molecule has 2 aromatic carbocycles. The summed E-state index contributed by atoms with van der Waals surface area (Å²) in [6.45, 7) is 0. The van der Waals surface area contributed by atoms with Crippen LogP contribution in [0.25, 0.3) is 11.1 Å². The Bertz CT molecular complexity index is 479. The molecule has 0 heterocycles. The number of hydrazine groups is 1. The first kappa shape index (κ1) is 11.9. The minimum Gasteiger partial charge on any atom is -0.466 e. The van der Waals surface area contributed by atoms with Crippen molar-refractivity contribution in [2.75, 3.05) is 5.43 Å². The molecule has 6 N–H and O–H groups in total. The summed E-state index contributed by atoms with van der Waals surface area (Å²) >= 11 is 4.91. The zero-order chi connectivity index (χ0) is 12.3. The van der Waals surface area contributed by atoms with Gasteiger partial charge in [0.15, 0.2) is 0 Å². The van der Waals surface area contributed by atoms with Crippen molar-refractivity contribution in [1.29, 1.82) is 0 Å². The summed E-state index contributed by atoms with van der Waals surface area (Å²) in [5.74, 6) is 10.9. The van der Waals surface area contributed by atoms with Gasteiger partial charge in [0.25, 0.3) is 0 Å². The van der Waals surface area contributed by atoms with Crippen LogP contribution in [0, 0.1) is 0 Å². The molecule has 88 valence electrons. The lowest BCUT2D eigenvalue weighted by Gasteiger charge is -2.15. The number of anilines is 1. The largest absolute Gasteiger partial charge is 0.466 e. The van der Waals surface area contributed by atoms with Gasteiger partial charge in [-0.1, -0.05) is 12.1 Å². The number of hydrogen-bond donors (Lipinski definition) is 4. The molecule has 0 amide bonds. The maximum atomic E-state index is 5.55. The molecule has 5 heteroatoms. The summed E-state index contributed by atoms with van der Waals surface area (Å²) in [4.78, 5) is 0. The molecule has 4 nitrogen and oxygen atoms in total. The summed E-state index contributed by atoms with van der Waals surface area (Å²) in [6, 6.07) is 15.7. The van der Waals surface area contributed by atoms with Crippen LogP contribution in [0.15, 0.2) is 48.5 Å². The molecule has 1 unspecified atom stereocenters. The van der Waals surface area contributed by atoms with Gasteiger partial charge < -0.3 is 22.7 Å². The first-order valence-corrected chi connectivity index (χ1v) is 5.58. The Balaban J connectivity index is 2.26. The van der Waals surface area contributed by atoms with Gasteiger partial charge in [0.05, 0.1) is 0 Å². The lowest BCUT2D eigenvalue weighted by atomic mass is 10.1. The number of nitrogen functional groups attached to an aromatic ring is 2. The number of benzene rings is 2. The van der Waals surface area contributed by atoms with Crippen LogP contribution in [0.1, 0.15) is 0 Å². The van der Waals surface area contributed by atoms with E-state index in [1.165, 1.54) is 0 Å². The Kier molecular flexibility index (Phi) is 3.65. The summed E-state index contributed by atoms with van der Waals surface area (Å²) < 4.78 is 0.416. The fourth-order valence-electron chi connectivity index (χ4n) is 1.59. The highest BCUT2D eigenvalue weighted by Crippen LogP contribution is 2.21. The van der Waals surface area contributed by atoms with Crippen molar-refractivity contribution in [3.05, 3.63) is 48.5 Å². The van der Waals surface area contributed by atoms with Crippen LogP contribution < -0.4 is 21.5 Å². The van der Waals surface area contributed by atoms with E-state index in [0.29, 0.717) is 4.41 Å². The molecule has 0 saturated heterocycles. The molecule has 2 rings (SSSR count). The molecule has 0 aromatic heterocycles. The van der Waals surface area contributed by atoms with Crippen molar-refractivity contribution < 1.29 is 4.41 Å². The Morgan fingerprint density at radius 2 is 1.35 bits per heavy atom. The van der Waals surface area contributed by atoms with Crippen LogP contribution in [0.2, 0.25) is 0 Å². The molecule has 0 fully saturated rings. The van der Waals surface area contributed by atoms with Gasteiger partial charge in [-0.3, -0.25) is 5.84 Å². The molecule has 0 aliphatic rings. The van der Waals surface area contributed by atoms with Gasteiger partial charge in [0.2, 0.25) is 0 Å². The SMILES string of the molecule is NNc1ccc(-c2ccc([NH+](N)[S-])cc2)cc1. The second-order valence-electron chi connectivity index (χ2n) is 3.66. The van der Waals surface area contributed by atoms with Crippen LogP contribution >= 0.6 is 0 Å². The maximum Gasteiger partial charge on any atom is 0.132 e. The smallest absolute Gasteiger partial charge is 0.132 e. The molecular formula is C12H14N4S. The van der Waals surface area contributed by atoms with Gasteiger partial charge in [-0.05, 0) is 35.4 Å². The topological polar surface area (TPSA) is 68.5 Å². The first-order valence-electron chi connectivity index (χ1n) is 5.17. The van der Waals surface area contributed by atoms with E-state index in [-0.39, 0.29) is 0 Å². The van der Waals surface area contributed by atoms with Crippen LogP contribution in [0.3, 0.4) is 0 Å². The fourth-order valence-corrected chi connectivity index (χ4v) is 1.72. The zero-order valence-corrected chi connectivity index (χ0v) is 10.00. The standard InChI is InChI=1S/C12H14N4S/c13-15-11-5-1-9(2-6-11)10-3-7-12(8-4-10)16(14)17/h1-8,15-16H,13-14H2. The lowest BCUT2D eigenvalue weighted by Crippen LogP contribution is -3.08. The lowest BCUT2D eigenvalue weighted by molar-refractivity contribution is -0.689. The van der Waals surface area contributed by atoms with Gasteiger partial charge >= 0.3 is 0 Å². The Hall–Kier alpha value is -1.53. The third-order valence-electron chi connectivity index (χ3n) is 2.55. The van der Waals surface area contributed by atoms with Crippen molar-refractivity contribution in [3.63, 3.8) is 0 Å². The predicted octanol–water partition coefficient (Wildman–Crippen LogP) is 0.491. The van der Waals surface area contributed by atoms with E-state index in [9.17, 15) is 0 Å². The average Bonchev–Trinajstić information content (AvgIpc) is 2.39. The molecule has 0 radical (unpaired) electrons. The molecule has 0 spiro atoms. The quantitative estimate of drug-likeness (QED) is 0.361. The number of nitrogens with one attached hydrogen (secondary N) is 2. The number of rotatable bonds is 3. The Morgan fingerprint density at radius 3 is 1.76 bits per heavy atom. The minimum absolute atomic E-state index is 0.416. The summed E-state index contributed by atoms with van der Waals surface area (Å²) in [5, 5.41) is 0. The van der Waals surface area contributed by atoms with Crippen LogP contribution in [-0.2, 0) is 12.8 Å². The van der Waals surface area contributed by atoms with E-state index in [4.69, 9.17) is 24.5 Å². The van der Waals surface area contributed by atoms with E-state index < -0.39 is 0 Å². The Morgan fingerprint density at radius 1 is 0.882 bits per heavy atom. The molecular weight excluding hydrogens is 232 g/mol. The molecule has 2 aromatic rings. The third-order valence-corrected chi connectivity index (χ3v) is 2.79. The zero-order valence-electron chi connectivity index (χ0n) is 9.18. The highest BCUT2D eigenvalue weighted by Gasteiger charge is 2.00. The number of quaternary nitrogens is 1.